The molecule has 17 heavy (non-hydrogen) atoms. The number of nitrogens with two attached hydrogens (primary N) is 1. The fourth-order valence-corrected chi connectivity index (χ4v) is 1.49. The molecule has 0 aliphatic heterocycles. The molecule has 0 aliphatic rings. The first-order chi connectivity index (χ1) is 8.17. The van der Waals surface area contributed by atoms with Gasteiger partial charge in [0.25, 0.3) is 5.91 Å². The van der Waals surface area contributed by atoms with Crippen LogP contribution < -0.4 is 11.1 Å². The Kier molecular flexibility index (Phi) is 5.42. The minimum atomic E-state index is -0.145. The minimum Gasteiger partial charge on any atom is -0.384 e. The fourth-order valence-electron chi connectivity index (χ4n) is 1.49. The van der Waals surface area contributed by atoms with Gasteiger partial charge in [0.2, 0.25) is 0 Å². The first-order valence-corrected chi connectivity index (χ1v) is 5.71. The van der Waals surface area contributed by atoms with Crippen LogP contribution >= 0.6 is 0 Å². The van der Waals surface area contributed by atoms with Crippen LogP contribution in [0.4, 0.5) is 5.82 Å². The van der Waals surface area contributed by atoms with Crippen LogP contribution in [0.5, 0.6) is 0 Å². The van der Waals surface area contributed by atoms with E-state index in [2.05, 4.69) is 17.2 Å². The smallest absolute Gasteiger partial charge is 0.251 e. The standard InChI is InChI=1S/C12H19N3O2/c1-3-4-10-7-9(8-11(13)15-10)12(16)14-5-6-17-2/h7-8H,3-6H2,1-2H3,(H2,13,15)(H,14,16). The number of pyridine rings is 1. The van der Waals surface area contributed by atoms with Crippen LogP contribution in [0.3, 0.4) is 0 Å². The number of nitrogens with one attached hydrogen (secondary N) is 1. The summed E-state index contributed by atoms with van der Waals surface area (Å²) in [6.45, 7) is 3.04. The Morgan fingerprint density at radius 1 is 1.53 bits per heavy atom. The predicted molar refractivity (Wildman–Crippen MR) is 66.9 cm³/mol. The van der Waals surface area contributed by atoms with E-state index in [1.807, 2.05) is 0 Å². The van der Waals surface area contributed by atoms with Crippen LogP contribution in [0.1, 0.15) is 29.4 Å². The number of carbonyl (C=O) groups excluding carboxylic acids is 1. The van der Waals surface area contributed by atoms with Gasteiger partial charge in [-0.15, -0.1) is 0 Å². The summed E-state index contributed by atoms with van der Waals surface area (Å²) < 4.78 is 4.86. The molecule has 1 heterocycles. The zero-order valence-electron chi connectivity index (χ0n) is 10.3. The van der Waals surface area contributed by atoms with Crippen molar-refractivity contribution < 1.29 is 9.53 Å². The van der Waals surface area contributed by atoms with Crippen LogP contribution in [0.15, 0.2) is 12.1 Å². The Morgan fingerprint density at radius 2 is 2.29 bits per heavy atom. The van der Waals surface area contributed by atoms with Gasteiger partial charge in [-0.05, 0) is 18.6 Å². The molecule has 1 aromatic rings. The first kappa shape index (κ1) is 13.4. The molecule has 3 N–H and O–H groups in total. The van der Waals surface area contributed by atoms with Gasteiger partial charge in [0.05, 0.1) is 6.61 Å². The molecular formula is C12H19N3O2. The van der Waals surface area contributed by atoms with Gasteiger partial charge in [0.15, 0.2) is 0 Å². The van der Waals surface area contributed by atoms with Crippen LogP contribution in [-0.2, 0) is 11.2 Å². The minimum absolute atomic E-state index is 0.145. The summed E-state index contributed by atoms with van der Waals surface area (Å²) in [5.41, 5.74) is 7.07. The van der Waals surface area contributed by atoms with Gasteiger partial charge in [-0.3, -0.25) is 4.79 Å². The van der Waals surface area contributed by atoms with Crippen molar-refractivity contribution in [2.75, 3.05) is 26.0 Å². The lowest BCUT2D eigenvalue weighted by Gasteiger charge is -2.07. The summed E-state index contributed by atoms with van der Waals surface area (Å²) in [5.74, 6) is 0.237. The predicted octanol–water partition coefficient (Wildman–Crippen LogP) is 0.992. The number of hydrogen-bond acceptors (Lipinski definition) is 4. The lowest BCUT2D eigenvalue weighted by molar-refractivity contribution is 0.0937. The van der Waals surface area contributed by atoms with Gasteiger partial charge in [-0.2, -0.15) is 0 Å². The molecule has 0 spiro atoms. The maximum atomic E-state index is 11.8. The molecule has 1 amide bonds. The average molecular weight is 237 g/mol. The second-order valence-corrected chi connectivity index (χ2v) is 3.77. The molecule has 0 saturated carbocycles. The normalized spacial score (nSPS) is 10.2. The van der Waals surface area contributed by atoms with Crippen molar-refractivity contribution in [2.45, 2.75) is 19.8 Å². The molecule has 1 rings (SSSR count). The zero-order valence-corrected chi connectivity index (χ0v) is 10.3. The third kappa shape index (κ3) is 4.40. The molecule has 0 aromatic carbocycles. The number of nitrogens with zero attached hydrogens (tertiary/aromatic N) is 1. The molecule has 0 bridgehead atoms. The van der Waals surface area contributed by atoms with Crippen molar-refractivity contribution in [1.82, 2.24) is 10.3 Å². The summed E-state index contributed by atoms with van der Waals surface area (Å²) in [6.07, 6.45) is 1.80. The highest BCUT2D eigenvalue weighted by Crippen LogP contribution is 2.09. The maximum absolute atomic E-state index is 11.8. The van der Waals surface area contributed by atoms with Crippen molar-refractivity contribution in [1.29, 1.82) is 0 Å². The third-order valence-electron chi connectivity index (χ3n) is 2.26. The molecule has 0 unspecified atom stereocenters. The fraction of sp³-hybridized carbons (Fsp3) is 0.500. The summed E-state index contributed by atoms with van der Waals surface area (Å²) in [4.78, 5) is 16.0. The third-order valence-corrected chi connectivity index (χ3v) is 2.26. The van der Waals surface area contributed by atoms with Crippen LogP contribution in [0.2, 0.25) is 0 Å². The van der Waals surface area contributed by atoms with E-state index < -0.39 is 0 Å². The number of carbonyl (C=O) groups is 1. The van der Waals surface area contributed by atoms with Crippen molar-refractivity contribution in [3.63, 3.8) is 0 Å². The number of methoxy groups -OCH3 is 1. The number of aryl methyl sites for hydroxylation is 1. The molecule has 0 atom stereocenters. The van der Waals surface area contributed by atoms with Crippen LogP contribution in [0, 0.1) is 0 Å². The number of ether oxygens (including phenoxy) is 1. The molecule has 0 aliphatic carbocycles. The molecule has 0 saturated heterocycles. The zero-order chi connectivity index (χ0) is 12.7. The van der Waals surface area contributed by atoms with E-state index in [1.54, 1.807) is 19.2 Å². The van der Waals surface area contributed by atoms with Crippen LogP contribution in [0.25, 0.3) is 0 Å². The summed E-state index contributed by atoms with van der Waals surface area (Å²) >= 11 is 0. The van der Waals surface area contributed by atoms with Gasteiger partial charge < -0.3 is 15.8 Å². The monoisotopic (exact) mass is 237 g/mol. The largest absolute Gasteiger partial charge is 0.384 e. The number of nitrogen functional groups attached to an aromatic ring is 1. The lowest BCUT2D eigenvalue weighted by atomic mass is 10.1. The highest BCUT2D eigenvalue weighted by molar-refractivity contribution is 5.94. The summed E-state index contributed by atoms with van der Waals surface area (Å²) in [6, 6.07) is 3.36. The second-order valence-electron chi connectivity index (χ2n) is 3.77. The van der Waals surface area contributed by atoms with E-state index in [4.69, 9.17) is 10.5 Å². The molecule has 94 valence electrons. The Bertz CT molecular complexity index is 380. The van der Waals surface area contributed by atoms with Crippen molar-refractivity contribution >= 4 is 11.7 Å². The number of rotatable bonds is 6. The average Bonchev–Trinajstić information content (AvgIpc) is 2.29. The Balaban J connectivity index is 2.71. The summed E-state index contributed by atoms with van der Waals surface area (Å²) in [5, 5.41) is 2.75. The number of anilines is 1. The second kappa shape index (κ2) is 6.85. The topological polar surface area (TPSA) is 77.2 Å². The number of aromatic nitrogens is 1. The van der Waals surface area contributed by atoms with E-state index in [-0.39, 0.29) is 5.91 Å². The van der Waals surface area contributed by atoms with Gasteiger partial charge >= 0.3 is 0 Å². The van der Waals surface area contributed by atoms with Gasteiger partial charge in [-0.1, -0.05) is 13.3 Å². The van der Waals surface area contributed by atoms with Gasteiger partial charge in [-0.25, -0.2) is 4.98 Å². The van der Waals surface area contributed by atoms with E-state index in [0.29, 0.717) is 24.5 Å². The van der Waals surface area contributed by atoms with Crippen molar-refractivity contribution in [3.05, 3.63) is 23.4 Å². The van der Waals surface area contributed by atoms with Crippen molar-refractivity contribution in [2.24, 2.45) is 0 Å². The SMILES string of the molecule is CCCc1cc(C(=O)NCCOC)cc(N)n1. The van der Waals surface area contributed by atoms with Crippen molar-refractivity contribution in [3.8, 4) is 0 Å². The van der Waals surface area contributed by atoms with Crippen LogP contribution in [-0.4, -0.2) is 31.2 Å². The quantitative estimate of drug-likeness (QED) is 0.723. The van der Waals surface area contributed by atoms with E-state index in [9.17, 15) is 4.79 Å². The maximum Gasteiger partial charge on any atom is 0.251 e. The molecule has 5 heteroatoms. The molecule has 5 nitrogen and oxygen atoms in total. The van der Waals surface area contributed by atoms with E-state index >= 15 is 0 Å². The first-order valence-electron chi connectivity index (χ1n) is 5.71. The lowest BCUT2D eigenvalue weighted by Crippen LogP contribution is -2.27. The van der Waals surface area contributed by atoms with Gasteiger partial charge in [0.1, 0.15) is 5.82 Å². The Hall–Kier alpha value is -1.62. The Morgan fingerprint density at radius 3 is 2.94 bits per heavy atom. The molecular weight excluding hydrogens is 218 g/mol. The molecule has 1 aromatic heterocycles. The molecule has 0 radical (unpaired) electrons. The molecule has 0 fully saturated rings. The highest BCUT2D eigenvalue weighted by Gasteiger charge is 2.08. The number of amides is 1. The Labute approximate surface area is 101 Å². The van der Waals surface area contributed by atoms with E-state index in [0.717, 1.165) is 18.5 Å². The van der Waals surface area contributed by atoms with E-state index in [1.165, 1.54) is 0 Å². The van der Waals surface area contributed by atoms with Gasteiger partial charge in [0, 0.05) is 24.9 Å². The highest BCUT2D eigenvalue weighted by atomic mass is 16.5. The number of hydrogen-bond donors (Lipinski definition) is 2. The summed E-state index contributed by atoms with van der Waals surface area (Å²) in [7, 11) is 1.59.